The summed E-state index contributed by atoms with van der Waals surface area (Å²) < 4.78 is 11.8. The van der Waals surface area contributed by atoms with Crippen molar-refractivity contribution < 1.29 is 19.1 Å². The number of ether oxygens (including phenoxy) is 2. The smallest absolute Gasteiger partial charge is 0.334 e. The predicted molar refractivity (Wildman–Crippen MR) is 129 cm³/mol. The molecule has 4 heteroatoms. The van der Waals surface area contributed by atoms with E-state index in [9.17, 15) is 9.59 Å². The van der Waals surface area contributed by atoms with Gasteiger partial charge in [0.25, 0.3) is 0 Å². The zero-order valence-corrected chi connectivity index (χ0v) is 19.5. The minimum atomic E-state index is -0.532. The fourth-order valence-corrected chi connectivity index (χ4v) is 7.01. The second kappa shape index (κ2) is 7.56. The van der Waals surface area contributed by atoms with E-state index in [1.54, 1.807) is 0 Å². The van der Waals surface area contributed by atoms with Gasteiger partial charge < -0.3 is 9.47 Å². The molecule has 0 saturated heterocycles. The van der Waals surface area contributed by atoms with Crippen LogP contribution in [0.15, 0.2) is 95.1 Å². The molecule has 4 atom stereocenters. The first-order chi connectivity index (χ1) is 16.6. The summed E-state index contributed by atoms with van der Waals surface area (Å²) in [6, 6.07) is 20.8. The fourth-order valence-electron chi connectivity index (χ4n) is 7.01. The van der Waals surface area contributed by atoms with Gasteiger partial charge in [0, 0.05) is 23.0 Å². The van der Waals surface area contributed by atoms with Crippen LogP contribution in [0.1, 0.15) is 49.7 Å². The molecular weight excluding hydrogens is 424 g/mol. The third kappa shape index (κ3) is 2.60. The Bertz CT molecular complexity index is 1170. The van der Waals surface area contributed by atoms with Crippen molar-refractivity contribution in [2.75, 3.05) is 13.2 Å². The molecule has 172 valence electrons. The van der Waals surface area contributed by atoms with Gasteiger partial charge in [-0.05, 0) is 35.1 Å². The van der Waals surface area contributed by atoms with Crippen molar-refractivity contribution in [3.63, 3.8) is 0 Å². The van der Waals surface area contributed by atoms with Crippen LogP contribution in [-0.4, -0.2) is 25.2 Å². The minimum absolute atomic E-state index is 0.0916. The molecule has 2 spiro atoms. The number of esters is 2. The molecule has 1 saturated carbocycles. The lowest BCUT2D eigenvalue weighted by Crippen LogP contribution is -2.59. The van der Waals surface area contributed by atoms with Gasteiger partial charge in [0.1, 0.15) is 13.2 Å². The molecule has 2 heterocycles. The monoisotopic (exact) mass is 452 g/mol. The largest absolute Gasteiger partial charge is 0.461 e. The first kappa shape index (κ1) is 21.2. The minimum Gasteiger partial charge on any atom is -0.461 e. The molecule has 0 aromatic heterocycles. The Balaban J connectivity index is 1.77. The highest BCUT2D eigenvalue weighted by Gasteiger charge is 2.67. The number of hydrogen-bond acceptors (Lipinski definition) is 4. The van der Waals surface area contributed by atoms with E-state index in [-0.39, 0.29) is 37.0 Å². The van der Waals surface area contributed by atoms with E-state index >= 15 is 0 Å². The Kier molecular flexibility index (Phi) is 4.70. The predicted octanol–water partition coefficient (Wildman–Crippen LogP) is 5.64. The molecule has 3 aliphatic carbocycles. The van der Waals surface area contributed by atoms with Crippen LogP contribution >= 0.6 is 0 Å². The number of benzene rings is 2. The summed E-state index contributed by atoms with van der Waals surface area (Å²) in [6.45, 7) is 4.60. The summed E-state index contributed by atoms with van der Waals surface area (Å²) >= 11 is 0. The second-order valence-electron chi connectivity index (χ2n) is 9.75. The Morgan fingerprint density at radius 1 is 0.676 bits per heavy atom. The van der Waals surface area contributed by atoms with Crippen LogP contribution in [0.4, 0.5) is 0 Å². The highest BCUT2D eigenvalue weighted by Crippen LogP contribution is 2.72. The van der Waals surface area contributed by atoms with E-state index in [1.165, 1.54) is 0 Å². The van der Waals surface area contributed by atoms with E-state index in [2.05, 4.69) is 36.4 Å². The average Bonchev–Trinajstić information content (AvgIpc) is 2.88. The molecular formula is C30H28O4. The molecule has 5 aliphatic rings. The SMILES string of the molecule is CCC1=C2[C@@H](c3ccccc3)[C@@]34C=C[C@]2(COC1=O)[C@@H](c1ccccc1)C3=C(CC)C(=O)OC4. The third-order valence-electron chi connectivity index (χ3n) is 8.29. The maximum Gasteiger partial charge on any atom is 0.334 e. The number of rotatable bonds is 4. The lowest BCUT2D eigenvalue weighted by atomic mass is 9.41. The molecule has 1 fully saturated rings. The first-order valence-corrected chi connectivity index (χ1v) is 12.2. The van der Waals surface area contributed by atoms with Gasteiger partial charge in [0.2, 0.25) is 0 Å². The summed E-state index contributed by atoms with van der Waals surface area (Å²) in [7, 11) is 0. The summed E-state index contributed by atoms with van der Waals surface area (Å²) in [5.41, 5.74) is 5.04. The molecule has 0 radical (unpaired) electrons. The number of carbonyl (C=O) groups excluding carboxylic acids is 2. The summed E-state index contributed by atoms with van der Waals surface area (Å²) in [5, 5.41) is 0. The number of cyclic esters (lactones) is 2. The zero-order chi connectivity index (χ0) is 23.5. The van der Waals surface area contributed by atoms with Crippen LogP contribution in [-0.2, 0) is 19.1 Å². The molecule has 2 bridgehead atoms. The van der Waals surface area contributed by atoms with Crippen molar-refractivity contribution in [3.8, 4) is 0 Å². The lowest BCUT2D eigenvalue weighted by molar-refractivity contribution is -0.149. The standard InChI is InChI=1S/C30H28O4/c1-3-21-25-23(19-11-7-5-8-12-19)30-16-15-29(25,17-33-27(21)31)24(20-13-9-6-10-14-20)26(30)22(4-2)28(32)34-18-30/h5-16,23-24H,3-4,17-18H2,1-2H3/t23-,24+,29-,30-/m0/s1. The van der Waals surface area contributed by atoms with Gasteiger partial charge in [-0.25, -0.2) is 9.59 Å². The summed E-state index contributed by atoms with van der Waals surface area (Å²) in [6.07, 6.45) is 5.73. The van der Waals surface area contributed by atoms with Crippen LogP contribution in [0.3, 0.4) is 0 Å². The van der Waals surface area contributed by atoms with Gasteiger partial charge in [0.05, 0.1) is 10.8 Å². The Morgan fingerprint density at radius 2 is 1.06 bits per heavy atom. The normalized spacial score (nSPS) is 31.7. The highest BCUT2D eigenvalue weighted by molar-refractivity contribution is 5.95. The van der Waals surface area contributed by atoms with Crippen LogP contribution < -0.4 is 0 Å². The van der Waals surface area contributed by atoms with Crippen molar-refractivity contribution in [1.29, 1.82) is 0 Å². The lowest BCUT2D eigenvalue weighted by Gasteiger charge is -2.63. The maximum atomic E-state index is 13.1. The van der Waals surface area contributed by atoms with Crippen molar-refractivity contribution in [3.05, 3.63) is 106 Å². The molecule has 0 unspecified atom stereocenters. The quantitative estimate of drug-likeness (QED) is 0.445. The topological polar surface area (TPSA) is 52.6 Å². The van der Waals surface area contributed by atoms with Gasteiger partial charge in [-0.15, -0.1) is 0 Å². The summed E-state index contributed by atoms with van der Waals surface area (Å²) in [5.74, 6) is -0.623. The van der Waals surface area contributed by atoms with Crippen LogP contribution in [0.25, 0.3) is 0 Å². The van der Waals surface area contributed by atoms with Crippen molar-refractivity contribution in [1.82, 2.24) is 0 Å². The fraction of sp³-hybridized carbons (Fsp3) is 0.333. The molecule has 2 aromatic rings. The van der Waals surface area contributed by atoms with Gasteiger partial charge in [-0.2, -0.15) is 0 Å². The summed E-state index contributed by atoms with van der Waals surface area (Å²) in [4.78, 5) is 26.2. The van der Waals surface area contributed by atoms with Gasteiger partial charge in [-0.3, -0.25) is 0 Å². The maximum absolute atomic E-state index is 13.1. The molecule has 0 amide bonds. The van der Waals surface area contributed by atoms with E-state index in [1.807, 2.05) is 50.2 Å². The average molecular weight is 453 g/mol. The van der Waals surface area contributed by atoms with E-state index in [0.717, 1.165) is 33.4 Å². The van der Waals surface area contributed by atoms with Crippen molar-refractivity contribution in [2.45, 2.75) is 38.5 Å². The molecule has 2 aliphatic heterocycles. The number of hydrogen-bond donors (Lipinski definition) is 0. The zero-order valence-electron chi connectivity index (χ0n) is 19.5. The first-order valence-electron chi connectivity index (χ1n) is 12.2. The third-order valence-corrected chi connectivity index (χ3v) is 8.29. The molecule has 34 heavy (non-hydrogen) atoms. The van der Waals surface area contributed by atoms with Gasteiger partial charge in [-0.1, -0.05) is 86.7 Å². The van der Waals surface area contributed by atoms with Crippen LogP contribution in [0.2, 0.25) is 0 Å². The van der Waals surface area contributed by atoms with E-state index < -0.39 is 10.8 Å². The molecule has 7 rings (SSSR count). The Hall–Kier alpha value is -3.40. The number of carbonyl (C=O) groups is 2. The van der Waals surface area contributed by atoms with Crippen LogP contribution in [0.5, 0.6) is 0 Å². The molecule has 2 aromatic carbocycles. The highest BCUT2D eigenvalue weighted by atomic mass is 16.5. The molecule has 0 N–H and O–H groups in total. The van der Waals surface area contributed by atoms with Crippen molar-refractivity contribution in [2.24, 2.45) is 10.8 Å². The van der Waals surface area contributed by atoms with Crippen molar-refractivity contribution >= 4 is 11.9 Å². The Morgan fingerprint density at radius 3 is 1.41 bits per heavy atom. The van der Waals surface area contributed by atoms with E-state index in [4.69, 9.17) is 9.47 Å². The van der Waals surface area contributed by atoms with Crippen LogP contribution in [0, 0.1) is 10.8 Å². The van der Waals surface area contributed by atoms with Gasteiger partial charge in [0.15, 0.2) is 0 Å². The second-order valence-corrected chi connectivity index (χ2v) is 9.75. The molecule has 4 nitrogen and oxygen atoms in total. The van der Waals surface area contributed by atoms with E-state index in [0.29, 0.717) is 12.8 Å². The van der Waals surface area contributed by atoms with Gasteiger partial charge >= 0.3 is 11.9 Å². The Labute approximate surface area is 200 Å².